The maximum absolute atomic E-state index is 13.5. The third-order valence-corrected chi connectivity index (χ3v) is 6.97. The summed E-state index contributed by atoms with van der Waals surface area (Å²) in [6, 6.07) is 11.4. The lowest BCUT2D eigenvalue weighted by atomic mass is 9.94. The number of halogens is 1. The van der Waals surface area contributed by atoms with E-state index in [9.17, 15) is 4.39 Å². The molecule has 0 unspecified atom stereocenters. The maximum atomic E-state index is 13.5. The first-order valence-corrected chi connectivity index (χ1v) is 10.8. The van der Waals surface area contributed by atoms with Gasteiger partial charge in [0.15, 0.2) is 0 Å². The molecule has 3 heteroatoms. The zero-order valence-electron chi connectivity index (χ0n) is 15.5. The van der Waals surface area contributed by atoms with Crippen LogP contribution in [0, 0.1) is 19.7 Å². The second kappa shape index (κ2) is 7.00. The quantitative estimate of drug-likeness (QED) is 0.462. The summed E-state index contributed by atoms with van der Waals surface area (Å²) in [6.45, 7) is 8.37. The van der Waals surface area contributed by atoms with Gasteiger partial charge in [-0.1, -0.05) is 12.7 Å². The molecule has 2 heterocycles. The number of benzene rings is 2. The van der Waals surface area contributed by atoms with Gasteiger partial charge >= 0.3 is 0 Å². The molecule has 0 bridgehead atoms. The predicted octanol–water partition coefficient (Wildman–Crippen LogP) is 6.59. The Hall–Kier alpha value is -1.92. The molecule has 0 N–H and O–H groups in total. The first-order chi connectivity index (χ1) is 12.6. The number of nitrogens with zero attached hydrogens (tertiary/aromatic N) is 1. The molecular formula is C23H25FNP. The van der Waals surface area contributed by atoms with Crippen molar-refractivity contribution in [3.63, 3.8) is 0 Å². The standard InChI is InChI=1S/C23H25FNP/c1-4-17-14-22-21(13-15(17)2)16(3)23(18-9-11-26-12-10-18)25(22)20-7-5-19(24)6-8-20/h4-8,13-14,18,26H,1,9-12H2,2-3H3. The lowest BCUT2D eigenvalue weighted by Crippen LogP contribution is -2.12. The fourth-order valence-electron chi connectivity index (χ4n) is 4.31. The summed E-state index contributed by atoms with van der Waals surface area (Å²) < 4.78 is 15.9. The lowest BCUT2D eigenvalue weighted by Gasteiger charge is -2.25. The molecule has 26 heavy (non-hydrogen) atoms. The zero-order valence-corrected chi connectivity index (χ0v) is 16.5. The highest BCUT2D eigenvalue weighted by atomic mass is 31.1. The molecule has 2 aromatic carbocycles. The van der Waals surface area contributed by atoms with E-state index in [1.54, 1.807) is 12.1 Å². The zero-order chi connectivity index (χ0) is 18.3. The molecule has 0 amide bonds. The van der Waals surface area contributed by atoms with Crippen LogP contribution in [0.15, 0.2) is 43.0 Å². The van der Waals surface area contributed by atoms with Crippen molar-refractivity contribution in [1.82, 2.24) is 4.57 Å². The van der Waals surface area contributed by atoms with Crippen molar-refractivity contribution >= 4 is 25.6 Å². The highest BCUT2D eigenvalue weighted by molar-refractivity contribution is 7.38. The molecule has 1 saturated heterocycles. The maximum Gasteiger partial charge on any atom is 0.123 e. The summed E-state index contributed by atoms with van der Waals surface area (Å²) in [4.78, 5) is 0. The van der Waals surface area contributed by atoms with E-state index < -0.39 is 0 Å². The number of hydrogen-bond donors (Lipinski definition) is 0. The van der Waals surface area contributed by atoms with Gasteiger partial charge in [-0.25, -0.2) is 4.39 Å². The summed E-state index contributed by atoms with van der Waals surface area (Å²) in [7, 11) is 1.10. The van der Waals surface area contributed by atoms with Crippen LogP contribution in [-0.4, -0.2) is 16.9 Å². The number of fused-ring (bicyclic) bond motifs is 1. The van der Waals surface area contributed by atoms with Crippen LogP contribution in [-0.2, 0) is 0 Å². The van der Waals surface area contributed by atoms with Crippen LogP contribution in [0.2, 0.25) is 0 Å². The van der Waals surface area contributed by atoms with Crippen molar-refractivity contribution in [3.8, 4) is 5.69 Å². The number of rotatable bonds is 3. The highest BCUT2D eigenvalue weighted by Gasteiger charge is 2.25. The third-order valence-electron chi connectivity index (χ3n) is 5.68. The monoisotopic (exact) mass is 365 g/mol. The van der Waals surface area contributed by atoms with E-state index in [0.717, 1.165) is 19.8 Å². The summed E-state index contributed by atoms with van der Waals surface area (Å²) in [5, 5.41) is 1.31. The first-order valence-electron chi connectivity index (χ1n) is 9.35. The second-order valence-corrected chi connectivity index (χ2v) is 8.78. The fourth-order valence-corrected chi connectivity index (χ4v) is 5.66. The average Bonchev–Trinajstić information content (AvgIpc) is 2.94. The molecule has 134 valence electrons. The van der Waals surface area contributed by atoms with Crippen LogP contribution < -0.4 is 0 Å². The Bertz CT molecular complexity index is 962. The van der Waals surface area contributed by atoms with Crippen LogP contribution >= 0.6 is 8.58 Å². The molecule has 0 aliphatic carbocycles. The Balaban J connectivity index is 2.03. The molecule has 1 aromatic heterocycles. The summed E-state index contributed by atoms with van der Waals surface area (Å²) in [5.41, 5.74) is 7.46. The molecule has 1 aliphatic heterocycles. The topological polar surface area (TPSA) is 4.93 Å². The SMILES string of the molecule is C=Cc1cc2c(cc1C)c(C)c(C1CCPCC1)n2-c1ccc(F)cc1. The van der Waals surface area contributed by atoms with E-state index in [1.165, 1.54) is 52.9 Å². The smallest absolute Gasteiger partial charge is 0.123 e. The lowest BCUT2D eigenvalue weighted by molar-refractivity contribution is 0.602. The van der Waals surface area contributed by atoms with Crippen LogP contribution in [0.4, 0.5) is 4.39 Å². The number of aryl methyl sites for hydroxylation is 2. The highest BCUT2D eigenvalue weighted by Crippen LogP contribution is 2.41. The van der Waals surface area contributed by atoms with Crippen molar-refractivity contribution in [3.05, 3.63) is 71.2 Å². The normalized spacial score (nSPS) is 18.5. The molecule has 0 radical (unpaired) electrons. The van der Waals surface area contributed by atoms with E-state index in [0.29, 0.717) is 5.92 Å². The van der Waals surface area contributed by atoms with Gasteiger partial charge in [0.1, 0.15) is 5.82 Å². The van der Waals surface area contributed by atoms with Gasteiger partial charge < -0.3 is 4.57 Å². The Labute approximate surface area is 156 Å². The van der Waals surface area contributed by atoms with E-state index in [2.05, 4.69) is 37.1 Å². The van der Waals surface area contributed by atoms with Crippen LogP contribution in [0.3, 0.4) is 0 Å². The van der Waals surface area contributed by atoms with Gasteiger partial charge in [-0.05, 0) is 92.1 Å². The summed E-state index contributed by atoms with van der Waals surface area (Å²) >= 11 is 0. The van der Waals surface area contributed by atoms with Crippen molar-refractivity contribution < 1.29 is 4.39 Å². The van der Waals surface area contributed by atoms with Gasteiger partial charge in [0, 0.05) is 22.7 Å². The molecular weight excluding hydrogens is 340 g/mol. The molecule has 1 aliphatic rings. The Morgan fingerprint density at radius 2 is 1.81 bits per heavy atom. The minimum atomic E-state index is -0.190. The van der Waals surface area contributed by atoms with Gasteiger partial charge in [-0.15, -0.1) is 8.58 Å². The summed E-state index contributed by atoms with van der Waals surface area (Å²) in [5.74, 6) is 0.395. The van der Waals surface area contributed by atoms with E-state index in [1.807, 2.05) is 18.2 Å². The number of hydrogen-bond acceptors (Lipinski definition) is 0. The number of aromatic nitrogens is 1. The van der Waals surface area contributed by atoms with Crippen molar-refractivity contribution in [2.24, 2.45) is 0 Å². The molecule has 0 atom stereocenters. The van der Waals surface area contributed by atoms with E-state index in [-0.39, 0.29) is 5.82 Å². The van der Waals surface area contributed by atoms with Crippen molar-refractivity contribution in [2.75, 3.05) is 12.3 Å². The molecule has 4 rings (SSSR count). The first kappa shape index (κ1) is 17.5. The Kier molecular flexibility index (Phi) is 4.71. The van der Waals surface area contributed by atoms with Gasteiger partial charge in [-0.2, -0.15) is 0 Å². The molecule has 0 spiro atoms. The van der Waals surface area contributed by atoms with Gasteiger partial charge in [0.05, 0.1) is 5.52 Å². The Morgan fingerprint density at radius 1 is 1.12 bits per heavy atom. The fraction of sp³-hybridized carbons (Fsp3) is 0.304. The molecule has 0 saturated carbocycles. The minimum Gasteiger partial charge on any atom is -0.313 e. The van der Waals surface area contributed by atoms with Gasteiger partial charge in [0.25, 0.3) is 0 Å². The van der Waals surface area contributed by atoms with Crippen LogP contribution in [0.1, 0.15) is 41.1 Å². The molecule has 1 fully saturated rings. The van der Waals surface area contributed by atoms with Crippen LogP contribution in [0.25, 0.3) is 22.7 Å². The largest absolute Gasteiger partial charge is 0.313 e. The van der Waals surface area contributed by atoms with E-state index >= 15 is 0 Å². The van der Waals surface area contributed by atoms with Crippen LogP contribution in [0.5, 0.6) is 0 Å². The van der Waals surface area contributed by atoms with E-state index in [4.69, 9.17) is 0 Å². The third kappa shape index (κ3) is 2.91. The average molecular weight is 365 g/mol. The van der Waals surface area contributed by atoms with Gasteiger partial charge in [-0.3, -0.25) is 0 Å². The molecule has 1 nitrogen and oxygen atoms in total. The minimum absolute atomic E-state index is 0.190. The second-order valence-electron chi connectivity index (χ2n) is 7.28. The Morgan fingerprint density at radius 3 is 2.46 bits per heavy atom. The summed E-state index contributed by atoms with van der Waals surface area (Å²) in [6.07, 6.45) is 7.08. The van der Waals surface area contributed by atoms with Gasteiger partial charge in [0.2, 0.25) is 0 Å². The van der Waals surface area contributed by atoms with Crippen molar-refractivity contribution in [1.29, 1.82) is 0 Å². The van der Waals surface area contributed by atoms with Crippen molar-refractivity contribution in [2.45, 2.75) is 32.6 Å². The molecule has 3 aromatic rings. The predicted molar refractivity (Wildman–Crippen MR) is 113 cm³/mol.